The van der Waals surface area contributed by atoms with Gasteiger partial charge < -0.3 is 0 Å². The first-order valence-electron chi connectivity index (χ1n) is 3.76. The maximum atomic E-state index is 11.4. The zero-order chi connectivity index (χ0) is 10.6. The van der Waals surface area contributed by atoms with Crippen LogP contribution in [-0.4, -0.2) is 25.0 Å². The van der Waals surface area contributed by atoms with E-state index in [2.05, 4.69) is 4.98 Å². The largest absolute Gasteiger partial charge is 0.226 e. The lowest BCUT2D eigenvalue weighted by atomic mass is 10.4. The Balaban J connectivity index is 3.15. The van der Waals surface area contributed by atoms with Crippen LogP contribution in [0.1, 0.15) is 5.69 Å². The lowest BCUT2D eigenvalue weighted by molar-refractivity contribution is 0.593. The molecule has 0 radical (unpaired) electrons. The fraction of sp³-hybridized carbons (Fsp3) is 0.250. The number of hydrogen-bond acceptors (Lipinski definition) is 4. The highest BCUT2D eigenvalue weighted by molar-refractivity contribution is 7.91. The minimum Gasteiger partial charge on any atom is -0.226 e. The van der Waals surface area contributed by atoms with E-state index in [1.807, 2.05) is 0 Å². The van der Waals surface area contributed by atoms with E-state index >= 15 is 0 Å². The number of nitriles is 1. The smallest absolute Gasteiger partial charge is 0.196 e. The van der Waals surface area contributed by atoms with Crippen molar-refractivity contribution in [3.8, 4) is 6.07 Å². The van der Waals surface area contributed by atoms with Crippen molar-refractivity contribution in [1.29, 1.82) is 5.26 Å². The summed E-state index contributed by atoms with van der Waals surface area (Å²) in [5.74, 6) is -0.156. The van der Waals surface area contributed by atoms with Gasteiger partial charge in [-0.25, -0.2) is 13.4 Å². The minimum atomic E-state index is -3.44. The van der Waals surface area contributed by atoms with Crippen LogP contribution in [-0.2, 0) is 9.84 Å². The molecule has 14 heavy (non-hydrogen) atoms. The van der Waals surface area contributed by atoms with Crippen molar-refractivity contribution in [3.63, 3.8) is 0 Å². The fourth-order valence-corrected chi connectivity index (χ4v) is 2.40. The van der Waals surface area contributed by atoms with Crippen LogP contribution in [0.3, 0.4) is 0 Å². The second kappa shape index (κ2) is 4.40. The molecule has 1 rings (SSSR count). The third kappa shape index (κ3) is 2.44. The SMILES string of the molecule is N#Cc1cccc(S(=O)(=O)CCCl)n1. The monoisotopic (exact) mass is 230 g/mol. The van der Waals surface area contributed by atoms with Crippen molar-refractivity contribution in [3.05, 3.63) is 23.9 Å². The topological polar surface area (TPSA) is 70.8 Å². The van der Waals surface area contributed by atoms with Gasteiger partial charge >= 0.3 is 0 Å². The number of nitrogens with zero attached hydrogens (tertiary/aromatic N) is 2. The first-order valence-corrected chi connectivity index (χ1v) is 5.95. The molecule has 0 N–H and O–H groups in total. The average molecular weight is 231 g/mol. The number of sulfone groups is 1. The van der Waals surface area contributed by atoms with Gasteiger partial charge in [0.25, 0.3) is 0 Å². The van der Waals surface area contributed by atoms with Gasteiger partial charge in [-0.15, -0.1) is 11.6 Å². The molecule has 0 amide bonds. The summed E-state index contributed by atoms with van der Waals surface area (Å²) in [5, 5.41) is 8.42. The zero-order valence-corrected chi connectivity index (χ0v) is 8.72. The fourth-order valence-electron chi connectivity index (χ4n) is 0.856. The Hall–Kier alpha value is -1.12. The molecule has 0 saturated carbocycles. The molecule has 0 aliphatic heterocycles. The molecule has 0 fully saturated rings. The first-order chi connectivity index (χ1) is 6.60. The van der Waals surface area contributed by atoms with E-state index in [9.17, 15) is 8.42 Å². The number of aromatic nitrogens is 1. The van der Waals surface area contributed by atoms with Gasteiger partial charge in [0.15, 0.2) is 14.9 Å². The number of hydrogen-bond donors (Lipinski definition) is 0. The number of halogens is 1. The molecule has 0 atom stereocenters. The molecule has 6 heteroatoms. The Morgan fingerprint density at radius 2 is 2.21 bits per heavy atom. The Bertz CT molecular complexity index is 464. The average Bonchev–Trinajstić information content (AvgIpc) is 2.18. The maximum Gasteiger partial charge on any atom is 0.196 e. The van der Waals surface area contributed by atoms with Gasteiger partial charge in [0.1, 0.15) is 11.8 Å². The molecule has 0 aliphatic rings. The molecule has 0 saturated heterocycles. The first kappa shape index (κ1) is 11.0. The van der Waals surface area contributed by atoms with E-state index in [0.717, 1.165) is 0 Å². The van der Waals surface area contributed by atoms with Gasteiger partial charge in [-0.05, 0) is 12.1 Å². The van der Waals surface area contributed by atoms with E-state index in [1.165, 1.54) is 18.2 Å². The third-order valence-corrected chi connectivity index (χ3v) is 3.52. The molecule has 0 aromatic carbocycles. The van der Waals surface area contributed by atoms with Crippen molar-refractivity contribution >= 4 is 21.4 Å². The number of rotatable bonds is 3. The molecular weight excluding hydrogens is 224 g/mol. The van der Waals surface area contributed by atoms with E-state index < -0.39 is 9.84 Å². The second-order valence-corrected chi connectivity index (χ2v) is 4.91. The van der Waals surface area contributed by atoms with Crippen molar-refractivity contribution < 1.29 is 8.42 Å². The lowest BCUT2D eigenvalue weighted by Crippen LogP contribution is -2.10. The van der Waals surface area contributed by atoms with Crippen LogP contribution in [0.15, 0.2) is 23.2 Å². The molecule has 74 valence electrons. The summed E-state index contributed by atoms with van der Waals surface area (Å²) in [5.41, 5.74) is 0.0839. The summed E-state index contributed by atoms with van der Waals surface area (Å²) in [6.45, 7) is 0. The lowest BCUT2D eigenvalue weighted by Gasteiger charge is -2.00. The van der Waals surface area contributed by atoms with E-state index in [0.29, 0.717) is 0 Å². The van der Waals surface area contributed by atoms with E-state index in [4.69, 9.17) is 16.9 Å². The third-order valence-electron chi connectivity index (χ3n) is 1.50. The quantitative estimate of drug-likeness (QED) is 0.726. The Morgan fingerprint density at radius 3 is 2.79 bits per heavy atom. The molecule has 1 aromatic rings. The van der Waals surface area contributed by atoms with Crippen molar-refractivity contribution in [2.24, 2.45) is 0 Å². The predicted octanol–water partition coefficient (Wildman–Crippen LogP) is 0.966. The standard InChI is InChI=1S/C8H7ClN2O2S/c9-4-5-14(12,13)8-3-1-2-7(6-10)11-8/h1-3H,4-5H2. The molecule has 1 heterocycles. The number of pyridine rings is 1. The van der Waals surface area contributed by atoms with Crippen molar-refractivity contribution in [1.82, 2.24) is 4.98 Å². The molecule has 0 spiro atoms. The maximum absolute atomic E-state index is 11.4. The summed E-state index contributed by atoms with van der Waals surface area (Å²) in [4.78, 5) is 3.67. The molecule has 0 bridgehead atoms. The molecule has 0 aliphatic carbocycles. The van der Waals surface area contributed by atoms with Crippen LogP contribution < -0.4 is 0 Å². The van der Waals surface area contributed by atoms with Crippen LogP contribution in [0.25, 0.3) is 0 Å². The van der Waals surface area contributed by atoms with Crippen molar-refractivity contribution in [2.45, 2.75) is 5.03 Å². The van der Waals surface area contributed by atoms with Crippen LogP contribution in [0.5, 0.6) is 0 Å². The molecule has 1 aromatic heterocycles. The highest BCUT2D eigenvalue weighted by atomic mass is 35.5. The van der Waals surface area contributed by atoms with Gasteiger partial charge in [-0.1, -0.05) is 6.07 Å². The summed E-state index contributed by atoms with van der Waals surface area (Å²) in [6, 6.07) is 6.05. The minimum absolute atomic E-state index is 0.0147. The van der Waals surface area contributed by atoms with Crippen LogP contribution in [0, 0.1) is 11.3 Å². The normalized spacial score (nSPS) is 10.9. The van der Waals surface area contributed by atoms with Gasteiger partial charge in [0.05, 0.1) is 5.75 Å². The predicted molar refractivity (Wildman–Crippen MR) is 51.7 cm³/mol. The Morgan fingerprint density at radius 1 is 1.50 bits per heavy atom. The molecular formula is C8H7ClN2O2S. The highest BCUT2D eigenvalue weighted by Crippen LogP contribution is 2.08. The van der Waals surface area contributed by atoms with E-state index in [1.54, 1.807) is 6.07 Å². The summed E-state index contributed by atoms with van der Waals surface area (Å²) < 4.78 is 22.9. The second-order valence-electron chi connectivity index (χ2n) is 2.48. The summed E-state index contributed by atoms with van der Waals surface area (Å²) >= 11 is 5.34. The number of alkyl halides is 1. The van der Waals surface area contributed by atoms with Crippen LogP contribution in [0.4, 0.5) is 0 Å². The molecule has 4 nitrogen and oxygen atoms in total. The van der Waals surface area contributed by atoms with Gasteiger partial charge in [0.2, 0.25) is 0 Å². The van der Waals surface area contributed by atoms with Crippen LogP contribution >= 0.6 is 11.6 Å². The van der Waals surface area contributed by atoms with Gasteiger partial charge in [-0.2, -0.15) is 5.26 Å². The Kier molecular flexibility index (Phi) is 3.44. The Labute approximate surface area is 87.1 Å². The van der Waals surface area contributed by atoms with E-state index in [-0.39, 0.29) is 22.4 Å². The summed E-state index contributed by atoms with van der Waals surface area (Å²) in [6.07, 6.45) is 0. The summed E-state index contributed by atoms with van der Waals surface area (Å²) in [7, 11) is -3.44. The molecule has 0 unspecified atom stereocenters. The zero-order valence-electron chi connectivity index (χ0n) is 7.14. The van der Waals surface area contributed by atoms with Crippen LogP contribution in [0.2, 0.25) is 0 Å². The van der Waals surface area contributed by atoms with Gasteiger partial charge in [0, 0.05) is 5.88 Å². The van der Waals surface area contributed by atoms with Gasteiger partial charge in [-0.3, -0.25) is 0 Å². The highest BCUT2D eigenvalue weighted by Gasteiger charge is 2.15. The van der Waals surface area contributed by atoms with Crippen molar-refractivity contribution in [2.75, 3.05) is 11.6 Å².